The average Bonchev–Trinajstić information content (AvgIpc) is 3.40. The highest BCUT2D eigenvalue weighted by Gasteiger charge is 2.48. The van der Waals surface area contributed by atoms with Gasteiger partial charge in [-0.05, 0) is 50.6 Å². The van der Waals surface area contributed by atoms with Crippen LogP contribution < -0.4 is 5.32 Å². The molecule has 146 valence electrons. The Morgan fingerprint density at radius 3 is 2.70 bits per heavy atom. The zero-order valence-electron chi connectivity index (χ0n) is 16.2. The van der Waals surface area contributed by atoms with Crippen molar-refractivity contribution in [3.63, 3.8) is 0 Å². The molecule has 0 bridgehead atoms. The first-order valence-corrected chi connectivity index (χ1v) is 10.5. The van der Waals surface area contributed by atoms with Crippen LogP contribution in [-0.2, 0) is 16.0 Å². The maximum Gasteiger partial charge on any atom is 0.230 e. The molecule has 1 aromatic rings. The number of nitrogens with one attached hydrogen (secondary N) is 1. The van der Waals surface area contributed by atoms with Gasteiger partial charge in [-0.25, -0.2) is 0 Å². The molecule has 0 unspecified atom stereocenters. The highest BCUT2D eigenvalue weighted by atomic mass is 16.2. The third-order valence-corrected chi connectivity index (χ3v) is 6.37. The fourth-order valence-electron chi connectivity index (χ4n) is 4.59. The molecule has 5 heteroatoms. The Bertz CT molecular complexity index is 673. The number of carbonyl (C=O) groups is 2. The maximum atomic E-state index is 13.2. The first-order valence-electron chi connectivity index (χ1n) is 10.5. The number of carbonyl (C=O) groups excluding carboxylic acids is 2. The Morgan fingerprint density at radius 2 is 1.93 bits per heavy atom. The van der Waals surface area contributed by atoms with Crippen LogP contribution in [0.15, 0.2) is 30.3 Å². The van der Waals surface area contributed by atoms with Crippen molar-refractivity contribution < 1.29 is 9.59 Å². The van der Waals surface area contributed by atoms with Crippen LogP contribution in [0.2, 0.25) is 0 Å². The lowest BCUT2D eigenvalue weighted by atomic mass is 9.78. The Balaban J connectivity index is 1.28. The Kier molecular flexibility index (Phi) is 5.48. The summed E-state index contributed by atoms with van der Waals surface area (Å²) in [5, 5.41) is 3.06. The van der Waals surface area contributed by atoms with Gasteiger partial charge in [0, 0.05) is 38.6 Å². The van der Waals surface area contributed by atoms with Gasteiger partial charge in [0.05, 0.1) is 5.41 Å². The predicted molar refractivity (Wildman–Crippen MR) is 105 cm³/mol. The molecule has 2 amide bonds. The number of hydrogen-bond acceptors (Lipinski definition) is 3. The summed E-state index contributed by atoms with van der Waals surface area (Å²) in [5.74, 6) is 0.507. The van der Waals surface area contributed by atoms with Crippen molar-refractivity contribution >= 4 is 11.8 Å². The lowest BCUT2D eigenvalue weighted by Crippen LogP contribution is -2.50. The summed E-state index contributed by atoms with van der Waals surface area (Å²) in [6.07, 6.45) is 6.77. The molecule has 0 radical (unpaired) electrons. The predicted octanol–water partition coefficient (Wildman–Crippen LogP) is 2.21. The van der Waals surface area contributed by atoms with Crippen molar-refractivity contribution in [3.05, 3.63) is 35.9 Å². The van der Waals surface area contributed by atoms with Crippen molar-refractivity contribution in [1.29, 1.82) is 0 Å². The molecule has 3 aliphatic rings. The summed E-state index contributed by atoms with van der Waals surface area (Å²) in [4.78, 5) is 29.6. The van der Waals surface area contributed by atoms with E-state index in [4.69, 9.17) is 0 Å². The van der Waals surface area contributed by atoms with Gasteiger partial charge in [0.1, 0.15) is 0 Å². The normalized spacial score (nSPS) is 25.9. The second kappa shape index (κ2) is 8.01. The van der Waals surface area contributed by atoms with Gasteiger partial charge in [0.25, 0.3) is 0 Å². The highest BCUT2D eigenvalue weighted by molar-refractivity contribution is 5.84. The largest absolute Gasteiger partial charge is 0.353 e. The Labute approximate surface area is 162 Å². The number of hydrogen-bond donors (Lipinski definition) is 1. The molecular formula is C22H31N3O2. The molecule has 4 rings (SSSR count). The van der Waals surface area contributed by atoms with Crippen molar-refractivity contribution in [2.75, 3.05) is 32.7 Å². The van der Waals surface area contributed by atoms with Gasteiger partial charge in [0.15, 0.2) is 0 Å². The van der Waals surface area contributed by atoms with Crippen molar-refractivity contribution in [2.24, 2.45) is 5.41 Å². The number of nitrogens with zero attached hydrogens (tertiary/aromatic N) is 2. The van der Waals surface area contributed by atoms with E-state index in [-0.39, 0.29) is 11.3 Å². The first-order chi connectivity index (χ1) is 13.1. The number of benzene rings is 1. The first kappa shape index (κ1) is 18.5. The van der Waals surface area contributed by atoms with Crippen molar-refractivity contribution in [2.45, 2.75) is 51.0 Å². The molecule has 1 N–H and O–H groups in total. The molecule has 3 fully saturated rings. The van der Waals surface area contributed by atoms with Crippen LogP contribution in [0.25, 0.3) is 0 Å². The summed E-state index contributed by atoms with van der Waals surface area (Å²) in [6, 6.07) is 10.8. The van der Waals surface area contributed by atoms with Crippen molar-refractivity contribution in [3.8, 4) is 0 Å². The van der Waals surface area contributed by atoms with E-state index in [1.807, 2.05) is 6.07 Å². The van der Waals surface area contributed by atoms with E-state index in [0.717, 1.165) is 71.2 Å². The average molecular weight is 370 g/mol. The van der Waals surface area contributed by atoms with E-state index < -0.39 is 0 Å². The standard InChI is InChI=1S/C22H31N3O2/c26-20(23-19-7-8-19)10-14-24-16-12-22(17-24)11-4-13-25(21(22)27)15-9-18-5-2-1-3-6-18/h1-3,5-6,19H,4,7-17H2,(H,23,26)/t22-/m1/s1. The van der Waals surface area contributed by atoms with E-state index in [1.165, 1.54) is 5.56 Å². The van der Waals surface area contributed by atoms with E-state index in [9.17, 15) is 9.59 Å². The number of amides is 2. The molecule has 27 heavy (non-hydrogen) atoms. The van der Waals surface area contributed by atoms with Gasteiger partial charge in [-0.1, -0.05) is 30.3 Å². The summed E-state index contributed by atoms with van der Waals surface area (Å²) in [7, 11) is 0. The monoisotopic (exact) mass is 369 g/mol. The Morgan fingerprint density at radius 1 is 1.11 bits per heavy atom. The second-order valence-corrected chi connectivity index (χ2v) is 8.53. The van der Waals surface area contributed by atoms with Crippen LogP contribution in [0.4, 0.5) is 0 Å². The minimum Gasteiger partial charge on any atom is -0.353 e. The molecule has 2 saturated heterocycles. The molecule has 1 atom stereocenters. The Hall–Kier alpha value is -1.88. The van der Waals surface area contributed by atoms with Gasteiger partial charge in [0.2, 0.25) is 11.8 Å². The third-order valence-electron chi connectivity index (χ3n) is 6.37. The number of piperidine rings is 1. The minimum absolute atomic E-state index is 0.165. The number of rotatable bonds is 7. The molecule has 2 aliphatic heterocycles. The molecule has 0 aromatic heterocycles. The molecule has 2 heterocycles. The van der Waals surface area contributed by atoms with Crippen LogP contribution in [0.1, 0.15) is 44.1 Å². The van der Waals surface area contributed by atoms with Gasteiger partial charge < -0.3 is 15.1 Å². The van der Waals surface area contributed by atoms with Crippen LogP contribution in [0, 0.1) is 5.41 Å². The molecule has 1 aliphatic carbocycles. The van der Waals surface area contributed by atoms with Gasteiger partial charge in [-0.3, -0.25) is 9.59 Å². The lowest BCUT2D eigenvalue weighted by Gasteiger charge is -2.39. The quantitative estimate of drug-likeness (QED) is 0.802. The zero-order chi connectivity index (χ0) is 18.7. The second-order valence-electron chi connectivity index (χ2n) is 8.53. The fourth-order valence-corrected chi connectivity index (χ4v) is 4.59. The van der Waals surface area contributed by atoms with Crippen LogP contribution in [0.5, 0.6) is 0 Å². The van der Waals surface area contributed by atoms with Gasteiger partial charge in [-0.2, -0.15) is 0 Å². The summed E-state index contributed by atoms with van der Waals surface area (Å²) >= 11 is 0. The minimum atomic E-state index is -0.206. The summed E-state index contributed by atoms with van der Waals surface area (Å²) < 4.78 is 0. The third kappa shape index (κ3) is 4.52. The van der Waals surface area contributed by atoms with Crippen LogP contribution in [-0.4, -0.2) is 60.4 Å². The highest BCUT2D eigenvalue weighted by Crippen LogP contribution is 2.40. The maximum absolute atomic E-state index is 13.2. The molecular weight excluding hydrogens is 338 g/mol. The van der Waals surface area contributed by atoms with Gasteiger partial charge >= 0.3 is 0 Å². The summed E-state index contributed by atoms with van der Waals surface area (Å²) in [6.45, 7) is 4.24. The van der Waals surface area contributed by atoms with E-state index in [0.29, 0.717) is 18.4 Å². The zero-order valence-corrected chi connectivity index (χ0v) is 16.2. The van der Waals surface area contributed by atoms with Gasteiger partial charge in [-0.15, -0.1) is 0 Å². The lowest BCUT2D eigenvalue weighted by molar-refractivity contribution is -0.145. The molecule has 1 saturated carbocycles. The summed E-state index contributed by atoms with van der Waals surface area (Å²) in [5.41, 5.74) is 1.08. The number of likely N-dealkylation sites (tertiary alicyclic amines) is 2. The molecule has 5 nitrogen and oxygen atoms in total. The van der Waals surface area contributed by atoms with Crippen LogP contribution >= 0.6 is 0 Å². The van der Waals surface area contributed by atoms with E-state index in [1.54, 1.807) is 0 Å². The topological polar surface area (TPSA) is 52.7 Å². The van der Waals surface area contributed by atoms with Crippen molar-refractivity contribution in [1.82, 2.24) is 15.1 Å². The smallest absolute Gasteiger partial charge is 0.230 e. The molecule has 1 aromatic carbocycles. The van der Waals surface area contributed by atoms with E-state index >= 15 is 0 Å². The fraction of sp³-hybridized carbons (Fsp3) is 0.636. The molecule has 1 spiro atoms. The van der Waals surface area contributed by atoms with E-state index in [2.05, 4.69) is 39.4 Å². The SMILES string of the molecule is O=C(CCN1CC[C@]2(CCCN(CCc3ccccc3)C2=O)C1)NC1CC1. The van der Waals surface area contributed by atoms with Crippen LogP contribution in [0.3, 0.4) is 0 Å².